The number of hydrogen-bond acceptors (Lipinski definition) is 9. The number of hydrogen-bond donors (Lipinski definition) is 1. The minimum atomic E-state index is -0.540. The predicted octanol–water partition coefficient (Wildman–Crippen LogP) is 3.21. The van der Waals surface area contributed by atoms with Gasteiger partial charge in [-0.05, 0) is 38.8 Å². The topological polar surface area (TPSA) is 110 Å². The van der Waals surface area contributed by atoms with Crippen molar-refractivity contribution >= 4 is 29.2 Å². The Bertz CT molecular complexity index is 1080. The van der Waals surface area contributed by atoms with E-state index in [1.807, 2.05) is 29.3 Å². The number of nitrogens with one attached hydrogen (secondary N) is 1. The fraction of sp³-hybridized carbons (Fsp3) is 0.409. The van der Waals surface area contributed by atoms with Crippen LogP contribution in [-0.4, -0.2) is 46.5 Å². The van der Waals surface area contributed by atoms with Gasteiger partial charge in [-0.2, -0.15) is 0 Å². The van der Waals surface area contributed by atoms with Crippen molar-refractivity contribution in [2.24, 2.45) is 5.92 Å². The fourth-order valence-corrected chi connectivity index (χ4v) is 4.27. The van der Waals surface area contributed by atoms with Crippen LogP contribution < -0.4 is 10.2 Å². The van der Waals surface area contributed by atoms with Crippen molar-refractivity contribution in [1.82, 2.24) is 20.3 Å². The van der Waals surface area contributed by atoms with Crippen molar-refractivity contribution < 1.29 is 18.7 Å². The SMILES string of the molecule is CCOC(=O)c1cnc(N2CCC[C@H](C(=O)NCc3nc(-c4ccc(C)nc4)cs3)C2)o1. The number of pyridine rings is 1. The molecule has 1 aliphatic rings. The highest BCUT2D eigenvalue weighted by Crippen LogP contribution is 2.24. The van der Waals surface area contributed by atoms with Crippen molar-refractivity contribution in [1.29, 1.82) is 0 Å². The highest BCUT2D eigenvalue weighted by molar-refractivity contribution is 7.09. The minimum absolute atomic E-state index is 0.0272. The Morgan fingerprint density at radius 1 is 1.31 bits per heavy atom. The molecule has 10 heteroatoms. The molecule has 1 atom stereocenters. The Balaban J connectivity index is 1.32. The molecule has 1 amide bonds. The summed E-state index contributed by atoms with van der Waals surface area (Å²) in [4.78, 5) is 39.5. The number of anilines is 1. The number of esters is 1. The molecule has 4 rings (SSSR count). The summed E-state index contributed by atoms with van der Waals surface area (Å²) in [5.41, 5.74) is 2.78. The van der Waals surface area contributed by atoms with Gasteiger partial charge in [0, 0.05) is 35.9 Å². The standard InChI is InChI=1S/C22H25N5O4S/c1-3-30-21(29)18-10-25-22(31-18)27-8-4-5-16(12-27)20(28)24-11-19-26-17(13-32-19)15-7-6-14(2)23-9-15/h6-7,9-10,13,16H,3-5,8,11-12H2,1-2H3,(H,24,28)/t16-/m0/s1. The van der Waals surface area contributed by atoms with E-state index in [9.17, 15) is 9.59 Å². The van der Waals surface area contributed by atoms with E-state index in [0.29, 0.717) is 25.6 Å². The number of nitrogens with zero attached hydrogens (tertiary/aromatic N) is 4. The summed E-state index contributed by atoms with van der Waals surface area (Å²) >= 11 is 1.51. The Morgan fingerprint density at radius 2 is 2.19 bits per heavy atom. The molecule has 3 aromatic rings. The van der Waals surface area contributed by atoms with E-state index < -0.39 is 5.97 Å². The minimum Gasteiger partial charge on any atom is -0.460 e. The first kappa shape index (κ1) is 21.9. The summed E-state index contributed by atoms with van der Waals surface area (Å²) in [6.45, 7) is 5.52. The van der Waals surface area contributed by atoms with Gasteiger partial charge < -0.3 is 19.4 Å². The van der Waals surface area contributed by atoms with Crippen molar-refractivity contribution in [3.8, 4) is 11.3 Å². The summed E-state index contributed by atoms with van der Waals surface area (Å²) < 4.78 is 10.5. The van der Waals surface area contributed by atoms with Gasteiger partial charge in [-0.25, -0.2) is 14.8 Å². The van der Waals surface area contributed by atoms with E-state index in [-0.39, 0.29) is 24.2 Å². The Labute approximate surface area is 189 Å². The molecule has 1 N–H and O–H groups in total. The Kier molecular flexibility index (Phi) is 6.79. The lowest BCUT2D eigenvalue weighted by atomic mass is 9.97. The third-order valence-electron chi connectivity index (χ3n) is 5.21. The molecule has 0 bridgehead atoms. The Morgan fingerprint density at radius 3 is 2.97 bits per heavy atom. The lowest BCUT2D eigenvalue weighted by Crippen LogP contribution is -2.43. The highest BCUT2D eigenvalue weighted by Gasteiger charge is 2.28. The normalized spacial score (nSPS) is 16.1. The quantitative estimate of drug-likeness (QED) is 0.541. The van der Waals surface area contributed by atoms with Crippen molar-refractivity contribution in [2.45, 2.75) is 33.2 Å². The molecule has 3 aromatic heterocycles. The molecule has 32 heavy (non-hydrogen) atoms. The van der Waals surface area contributed by atoms with Gasteiger partial charge in [0.15, 0.2) is 0 Å². The second kappa shape index (κ2) is 9.90. The zero-order valence-corrected chi connectivity index (χ0v) is 18.9. The number of thiazole rings is 1. The predicted molar refractivity (Wildman–Crippen MR) is 119 cm³/mol. The third-order valence-corrected chi connectivity index (χ3v) is 6.05. The van der Waals surface area contributed by atoms with E-state index in [0.717, 1.165) is 34.8 Å². The molecule has 0 aliphatic carbocycles. The molecule has 4 heterocycles. The molecule has 168 valence electrons. The van der Waals surface area contributed by atoms with Gasteiger partial charge in [-0.15, -0.1) is 11.3 Å². The smallest absolute Gasteiger partial charge is 0.376 e. The van der Waals surface area contributed by atoms with E-state index in [1.165, 1.54) is 17.5 Å². The molecule has 0 saturated carbocycles. The zero-order valence-electron chi connectivity index (χ0n) is 18.0. The van der Waals surface area contributed by atoms with Crippen molar-refractivity contribution in [2.75, 3.05) is 24.6 Å². The summed E-state index contributed by atoms with van der Waals surface area (Å²) in [5.74, 6) is -0.693. The molecule has 0 aromatic carbocycles. The van der Waals surface area contributed by atoms with Crippen LogP contribution in [0.4, 0.5) is 6.01 Å². The lowest BCUT2D eigenvalue weighted by Gasteiger charge is -2.30. The van der Waals surface area contributed by atoms with Crippen LogP contribution in [0.5, 0.6) is 0 Å². The molecule has 1 aliphatic heterocycles. The molecule has 0 unspecified atom stereocenters. The summed E-state index contributed by atoms with van der Waals surface area (Å²) in [6, 6.07) is 4.28. The molecule has 1 fully saturated rings. The Hall–Kier alpha value is -3.27. The van der Waals surface area contributed by atoms with Crippen LogP contribution in [0.15, 0.2) is 34.3 Å². The number of ether oxygens (including phenoxy) is 1. The number of carbonyl (C=O) groups excluding carboxylic acids is 2. The monoisotopic (exact) mass is 455 g/mol. The van der Waals surface area contributed by atoms with Crippen LogP contribution in [0.3, 0.4) is 0 Å². The van der Waals surface area contributed by atoms with Crippen LogP contribution in [0.25, 0.3) is 11.3 Å². The molecule has 1 saturated heterocycles. The first-order valence-corrected chi connectivity index (χ1v) is 11.4. The largest absolute Gasteiger partial charge is 0.460 e. The van der Waals surface area contributed by atoms with Crippen molar-refractivity contribution in [3.05, 3.63) is 46.4 Å². The van der Waals surface area contributed by atoms with Gasteiger partial charge in [-0.3, -0.25) is 9.78 Å². The second-order valence-electron chi connectivity index (χ2n) is 7.55. The van der Waals surface area contributed by atoms with E-state index in [2.05, 4.69) is 20.3 Å². The number of piperidine rings is 1. The van der Waals surface area contributed by atoms with E-state index in [1.54, 1.807) is 13.1 Å². The van der Waals surface area contributed by atoms with Crippen LogP contribution in [0.2, 0.25) is 0 Å². The van der Waals surface area contributed by atoms with Crippen molar-refractivity contribution in [3.63, 3.8) is 0 Å². The molecular weight excluding hydrogens is 430 g/mol. The highest BCUT2D eigenvalue weighted by atomic mass is 32.1. The number of aromatic nitrogens is 3. The number of rotatable bonds is 7. The summed E-state index contributed by atoms with van der Waals surface area (Å²) in [5, 5.41) is 5.81. The van der Waals surface area contributed by atoms with E-state index >= 15 is 0 Å². The maximum atomic E-state index is 12.8. The molecule has 0 spiro atoms. The fourth-order valence-electron chi connectivity index (χ4n) is 3.52. The van der Waals surface area contributed by atoms with Gasteiger partial charge in [0.05, 0.1) is 31.0 Å². The van der Waals surface area contributed by atoms with Gasteiger partial charge in [0.2, 0.25) is 11.7 Å². The van der Waals surface area contributed by atoms with Crippen LogP contribution in [0.1, 0.15) is 41.0 Å². The van der Waals surface area contributed by atoms with Gasteiger partial charge in [-0.1, -0.05) is 0 Å². The average molecular weight is 456 g/mol. The lowest BCUT2D eigenvalue weighted by molar-refractivity contribution is -0.125. The van der Waals surface area contributed by atoms with E-state index in [4.69, 9.17) is 9.15 Å². The molecule has 0 radical (unpaired) electrons. The van der Waals surface area contributed by atoms with Gasteiger partial charge >= 0.3 is 5.97 Å². The third kappa shape index (κ3) is 5.13. The second-order valence-corrected chi connectivity index (χ2v) is 8.49. The number of aryl methyl sites for hydroxylation is 1. The van der Waals surface area contributed by atoms with Crippen LogP contribution in [-0.2, 0) is 16.1 Å². The van der Waals surface area contributed by atoms with Gasteiger partial charge in [0.25, 0.3) is 6.01 Å². The first-order chi connectivity index (χ1) is 15.5. The summed E-state index contributed by atoms with van der Waals surface area (Å²) in [6.07, 6.45) is 4.78. The average Bonchev–Trinajstić information content (AvgIpc) is 3.48. The van der Waals surface area contributed by atoms with Crippen LogP contribution in [0, 0.1) is 12.8 Å². The number of oxazole rings is 1. The zero-order chi connectivity index (χ0) is 22.5. The molecule has 9 nitrogen and oxygen atoms in total. The maximum Gasteiger partial charge on any atom is 0.376 e. The maximum absolute atomic E-state index is 12.8. The van der Waals surface area contributed by atoms with Gasteiger partial charge in [0.1, 0.15) is 5.01 Å². The first-order valence-electron chi connectivity index (χ1n) is 10.6. The summed E-state index contributed by atoms with van der Waals surface area (Å²) in [7, 11) is 0. The number of amides is 1. The molecular formula is C22H25N5O4S. The van der Waals surface area contributed by atoms with Crippen LogP contribution >= 0.6 is 11.3 Å². The number of carbonyl (C=O) groups is 2.